The first kappa shape index (κ1) is 11.7. The summed E-state index contributed by atoms with van der Waals surface area (Å²) in [5, 5.41) is 0. The van der Waals surface area contributed by atoms with Gasteiger partial charge in [0, 0.05) is 6.61 Å². The summed E-state index contributed by atoms with van der Waals surface area (Å²) in [5.41, 5.74) is 5.47. The van der Waals surface area contributed by atoms with Crippen molar-refractivity contribution in [2.45, 2.75) is 45.3 Å². The molecule has 0 bridgehead atoms. The summed E-state index contributed by atoms with van der Waals surface area (Å²) >= 11 is 0. The van der Waals surface area contributed by atoms with E-state index in [0.717, 1.165) is 24.0 Å². The molecule has 0 radical (unpaired) electrons. The summed E-state index contributed by atoms with van der Waals surface area (Å²) in [6.07, 6.45) is 6.78. The fourth-order valence-corrected chi connectivity index (χ4v) is 2.29. The molecule has 0 aliphatic heterocycles. The summed E-state index contributed by atoms with van der Waals surface area (Å²) in [7, 11) is 0. The minimum atomic E-state index is 0.461. The highest BCUT2D eigenvalue weighted by Crippen LogP contribution is 2.24. The SMILES string of the molecule is NCc1ccc(COCC2CCCCC2)o1. The van der Waals surface area contributed by atoms with Crippen LogP contribution in [0.3, 0.4) is 0 Å². The third kappa shape index (κ3) is 3.35. The van der Waals surface area contributed by atoms with E-state index in [0.29, 0.717) is 13.2 Å². The lowest BCUT2D eigenvalue weighted by Crippen LogP contribution is -2.13. The molecule has 1 aliphatic carbocycles. The molecule has 0 saturated heterocycles. The van der Waals surface area contributed by atoms with Gasteiger partial charge in [-0.2, -0.15) is 0 Å². The lowest BCUT2D eigenvalue weighted by atomic mass is 9.90. The number of nitrogens with two attached hydrogens (primary N) is 1. The molecular weight excluding hydrogens is 202 g/mol. The molecule has 1 aromatic rings. The molecule has 0 unspecified atom stereocenters. The van der Waals surface area contributed by atoms with Crippen molar-refractivity contribution in [3.05, 3.63) is 23.7 Å². The molecule has 90 valence electrons. The van der Waals surface area contributed by atoms with Crippen molar-refractivity contribution in [2.24, 2.45) is 11.7 Å². The minimum absolute atomic E-state index is 0.461. The van der Waals surface area contributed by atoms with Crippen molar-refractivity contribution < 1.29 is 9.15 Å². The lowest BCUT2D eigenvalue weighted by molar-refractivity contribution is 0.0632. The number of ether oxygens (including phenoxy) is 1. The highest BCUT2D eigenvalue weighted by atomic mass is 16.5. The Morgan fingerprint density at radius 1 is 1.19 bits per heavy atom. The van der Waals surface area contributed by atoms with Gasteiger partial charge in [-0.1, -0.05) is 19.3 Å². The van der Waals surface area contributed by atoms with Gasteiger partial charge in [0.15, 0.2) is 0 Å². The first-order valence-electron chi connectivity index (χ1n) is 6.24. The van der Waals surface area contributed by atoms with E-state index in [-0.39, 0.29) is 0 Å². The topological polar surface area (TPSA) is 48.4 Å². The molecule has 3 nitrogen and oxygen atoms in total. The van der Waals surface area contributed by atoms with E-state index in [1.54, 1.807) is 0 Å². The van der Waals surface area contributed by atoms with Crippen molar-refractivity contribution in [3.8, 4) is 0 Å². The molecule has 0 atom stereocenters. The Labute approximate surface area is 97.0 Å². The molecule has 0 aromatic carbocycles. The summed E-state index contributed by atoms with van der Waals surface area (Å²) in [6.45, 7) is 1.91. The van der Waals surface area contributed by atoms with Crippen LogP contribution in [0.5, 0.6) is 0 Å². The van der Waals surface area contributed by atoms with Gasteiger partial charge in [-0.15, -0.1) is 0 Å². The second-order valence-corrected chi connectivity index (χ2v) is 4.59. The molecular formula is C13H21NO2. The Kier molecular flexibility index (Phi) is 4.43. The van der Waals surface area contributed by atoms with E-state index in [4.69, 9.17) is 14.9 Å². The first-order chi connectivity index (χ1) is 7.88. The summed E-state index contributed by atoms with van der Waals surface area (Å²) < 4.78 is 11.2. The molecule has 1 saturated carbocycles. The molecule has 0 amide bonds. The summed E-state index contributed by atoms with van der Waals surface area (Å²) in [4.78, 5) is 0. The van der Waals surface area contributed by atoms with Crippen LogP contribution in [0.4, 0.5) is 0 Å². The highest BCUT2D eigenvalue weighted by Gasteiger charge is 2.13. The molecule has 1 fully saturated rings. The first-order valence-corrected chi connectivity index (χ1v) is 6.24. The third-order valence-corrected chi connectivity index (χ3v) is 3.24. The average molecular weight is 223 g/mol. The Hall–Kier alpha value is -0.800. The van der Waals surface area contributed by atoms with E-state index in [1.807, 2.05) is 12.1 Å². The molecule has 1 heterocycles. The Morgan fingerprint density at radius 3 is 2.62 bits per heavy atom. The van der Waals surface area contributed by atoms with Crippen LogP contribution in [0.25, 0.3) is 0 Å². The van der Waals surface area contributed by atoms with Gasteiger partial charge in [0.1, 0.15) is 18.1 Å². The van der Waals surface area contributed by atoms with Crippen LogP contribution >= 0.6 is 0 Å². The molecule has 2 N–H and O–H groups in total. The number of hydrogen-bond acceptors (Lipinski definition) is 3. The lowest BCUT2D eigenvalue weighted by Gasteiger charge is -2.20. The van der Waals surface area contributed by atoms with E-state index < -0.39 is 0 Å². The molecule has 1 aliphatic rings. The number of hydrogen-bond donors (Lipinski definition) is 1. The van der Waals surface area contributed by atoms with E-state index in [9.17, 15) is 0 Å². The zero-order valence-electron chi connectivity index (χ0n) is 9.78. The fraction of sp³-hybridized carbons (Fsp3) is 0.692. The average Bonchev–Trinajstić information content (AvgIpc) is 2.78. The van der Waals surface area contributed by atoms with Crippen molar-refractivity contribution in [1.82, 2.24) is 0 Å². The van der Waals surface area contributed by atoms with Crippen LogP contribution in [-0.4, -0.2) is 6.61 Å². The van der Waals surface area contributed by atoms with Crippen LogP contribution in [0.15, 0.2) is 16.5 Å². The monoisotopic (exact) mass is 223 g/mol. The molecule has 0 spiro atoms. The van der Waals surface area contributed by atoms with Crippen molar-refractivity contribution in [2.75, 3.05) is 6.61 Å². The minimum Gasteiger partial charge on any atom is -0.462 e. The second kappa shape index (κ2) is 6.06. The van der Waals surface area contributed by atoms with Gasteiger partial charge in [0.2, 0.25) is 0 Å². The maximum Gasteiger partial charge on any atom is 0.129 e. The molecule has 1 aromatic heterocycles. The van der Waals surface area contributed by atoms with Gasteiger partial charge in [-0.05, 0) is 30.9 Å². The van der Waals surface area contributed by atoms with Gasteiger partial charge in [0.25, 0.3) is 0 Å². The van der Waals surface area contributed by atoms with Crippen LogP contribution in [0.1, 0.15) is 43.6 Å². The zero-order valence-corrected chi connectivity index (χ0v) is 9.78. The van der Waals surface area contributed by atoms with E-state index in [2.05, 4.69) is 0 Å². The Bertz CT molecular complexity index is 303. The fourth-order valence-electron chi connectivity index (χ4n) is 2.29. The predicted octanol–water partition coefficient (Wildman–Crippen LogP) is 2.84. The van der Waals surface area contributed by atoms with E-state index >= 15 is 0 Å². The highest BCUT2D eigenvalue weighted by molar-refractivity contribution is 5.05. The summed E-state index contributed by atoms with van der Waals surface area (Å²) in [6, 6.07) is 3.86. The van der Waals surface area contributed by atoms with Gasteiger partial charge >= 0.3 is 0 Å². The van der Waals surface area contributed by atoms with Crippen LogP contribution < -0.4 is 5.73 Å². The Morgan fingerprint density at radius 2 is 1.94 bits per heavy atom. The maximum atomic E-state index is 5.68. The summed E-state index contributed by atoms with van der Waals surface area (Å²) in [5.74, 6) is 2.48. The largest absolute Gasteiger partial charge is 0.462 e. The van der Waals surface area contributed by atoms with Crippen LogP contribution in [0.2, 0.25) is 0 Å². The normalized spacial score (nSPS) is 17.8. The predicted molar refractivity (Wildman–Crippen MR) is 62.8 cm³/mol. The quantitative estimate of drug-likeness (QED) is 0.835. The Balaban J connectivity index is 1.66. The van der Waals surface area contributed by atoms with Crippen LogP contribution in [-0.2, 0) is 17.9 Å². The van der Waals surface area contributed by atoms with Gasteiger partial charge in [0.05, 0.1) is 6.54 Å². The smallest absolute Gasteiger partial charge is 0.129 e. The standard InChI is InChI=1S/C13H21NO2/c14-8-12-6-7-13(16-12)10-15-9-11-4-2-1-3-5-11/h6-7,11H,1-5,8-10,14H2. The van der Waals surface area contributed by atoms with Crippen molar-refractivity contribution in [3.63, 3.8) is 0 Å². The van der Waals surface area contributed by atoms with Gasteiger partial charge in [-0.3, -0.25) is 0 Å². The molecule has 2 rings (SSSR count). The van der Waals surface area contributed by atoms with E-state index in [1.165, 1.54) is 32.1 Å². The zero-order chi connectivity index (χ0) is 11.2. The van der Waals surface area contributed by atoms with Gasteiger partial charge in [-0.25, -0.2) is 0 Å². The van der Waals surface area contributed by atoms with Crippen molar-refractivity contribution in [1.29, 1.82) is 0 Å². The number of rotatable bonds is 5. The maximum absolute atomic E-state index is 5.68. The van der Waals surface area contributed by atoms with Crippen molar-refractivity contribution >= 4 is 0 Å². The third-order valence-electron chi connectivity index (χ3n) is 3.24. The molecule has 16 heavy (non-hydrogen) atoms. The number of furan rings is 1. The molecule has 3 heteroatoms. The van der Waals surface area contributed by atoms with Crippen LogP contribution in [0, 0.1) is 5.92 Å². The second-order valence-electron chi connectivity index (χ2n) is 4.59. The van der Waals surface area contributed by atoms with Gasteiger partial charge < -0.3 is 14.9 Å².